The summed E-state index contributed by atoms with van der Waals surface area (Å²) >= 11 is 0. The molecule has 31 heavy (non-hydrogen) atoms. The Labute approximate surface area is 180 Å². The first-order valence-electron chi connectivity index (χ1n) is 10.6. The minimum Gasteiger partial charge on any atom is -0.484 e. The zero-order valence-corrected chi connectivity index (χ0v) is 17.4. The fraction of sp³-hybridized carbons (Fsp3) is 0.333. The van der Waals surface area contributed by atoms with E-state index in [1.807, 2.05) is 36.4 Å². The molecule has 4 rings (SSSR count). The van der Waals surface area contributed by atoms with Crippen LogP contribution in [-0.2, 0) is 9.53 Å². The number of ether oxygens (including phenoxy) is 2. The molecule has 7 nitrogen and oxygen atoms in total. The van der Waals surface area contributed by atoms with E-state index in [1.54, 1.807) is 12.1 Å². The van der Waals surface area contributed by atoms with E-state index in [1.165, 1.54) is 11.0 Å². The quantitative estimate of drug-likeness (QED) is 0.421. The highest BCUT2D eigenvalue weighted by molar-refractivity contribution is 5.93. The van der Waals surface area contributed by atoms with Gasteiger partial charge in [-0.15, -0.1) is 0 Å². The highest BCUT2D eigenvalue weighted by Crippen LogP contribution is 2.29. The lowest BCUT2D eigenvalue weighted by Crippen LogP contribution is -3.14. The number of fused-ring (bicyclic) bond motifs is 1. The van der Waals surface area contributed by atoms with Crippen molar-refractivity contribution in [3.05, 3.63) is 65.0 Å². The Morgan fingerprint density at radius 1 is 1.06 bits per heavy atom. The van der Waals surface area contributed by atoms with Crippen molar-refractivity contribution in [2.24, 2.45) is 0 Å². The molecule has 1 aliphatic heterocycles. The van der Waals surface area contributed by atoms with Crippen LogP contribution in [0.25, 0.3) is 22.1 Å². The summed E-state index contributed by atoms with van der Waals surface area (Å²) in [6, 6.07) is 16.4. The summed E-state index contributed by atoms with van der Waals surface area (Å²) in [7, 11) is 0. The van der Waals surface area contributed by atoms with E-state index in [9.17, 15) is 9.59 Å². The van der Waals surface area contributed by atoms with Crippen LogP contribution in [0.3, 0.4) is 0 Å². The average molecular weight is 423 g/mol. The molecule has 0 radical (unpaired) electrons. The van der Waals surface area contributed by atoms with Gasteiger partial charge < -0.3 is 24.1 Å². The van der Waals surface area contributed by atoms with Crippen molar-refractivity contribution in [2.45, 2.75) is 6.42 Å². The van der Waals surface area contributed by atoms with Crippen molar-refractivity contribution in [1.29, 1.82) is 0 Å². The Balaban J connectivity index is 1.32. The van der Waals surface area contributed by atoms with Crippen molar-refractivity contribution >= 4 is 16.9 Å². The Morgan fingerprint density at radius 3 is 2.68 bits per heavy atom. The highest BCUT2D eigenvalue weighted by atomic mass is 16.5. The van der Waals surface area contributed by atoms with Crippen LogP contribution in [-0.4, -0.2) is 51.9 Å². The van der Waals surface area contributed by atoms with Gasteiger partial charge in [-0.2, -0.15) is 0 Å². The Kier molecular flexibility index (Phi) is 6.96. The van der Waals surface area contributed by atoms with Gasteiger partial charge in [0.25, 0.3) is 5.91 Å². The SMILES string of the molecule is O=C(COc1ccc2c(-c3ccccc3)cc(=O)oc2c1)NCCC[NH+]1CCOCC1. The summed E-state index contributed by atoms with van der Waals surface area (Å²) in [5.41, 5.74) is 1.74. The molecule has 1 amide bonds. The second-order valence-corrected chi connectivity index (χ2v) is 7.61. The predicted octanol–water partition coefficient (Wildman–Crippen LogP) is 1.26. The summed E-state index contributed by atoms with van der Waals surface area (Å²) in [5, 5.41) is 3.70. The van der Waals surface area contributed by atoms with Crippen LogP contribution < -0.4 is 20.6 Å². The van der Waals surface area contributed by atoms with E-state index in [4.69, 9.17) is 13.9 Å². The molecule has 0 atom stereocenters. The first kappa shape index (κ1) is 21.1. The van der Waals surface area contributed by atoms with Gasteiger partial charge in [0, 0.05) is 30.5 Å². The molecule has 0 unspecified atom stereocenters. The molecule has 0 spiro atoms. The Bertz CT molecular complexity index is 1070. The lowest BCUT2D eigenvalue weighted by Gasteiger charge is -2.23. The van der Waals surface area contributed by atoms with Gasteiger partial charge in [-0.1, -0.05) is 30.3 Å². The number of morpholine rings is 1. The molecule has 1 aromatic heterocycles. The number of hydrogen-bond donors (Lipinski definition) is 2. The fourth-order valence-corrected chi connectivity index (χ4v) is 3.77. The summed E-state index contributed by atoms with van der Waals surface area (Å²) < 4.78 is 16.3. The van der Waals surface area contributed by atoms with E-state index in [0.29, 0.717) is 17.9 Å². The Hall–Kier alpha value is -3.16. The molecular formula is C24H27N2O5+. The number of nitrogens with one attached hydrogen (secondary N) is 2. The summed E-state index contributed by atoms with van der Waals surface area (Å²) in [6.07, 6.45) is 0.921. The van der Waals surface area contributed by atoms with E-state index >= 15 is 0 Å². The van der Waals surface area contributed by atoms with E-state index < -0.39 is 5.63 Å². The lowest BCUT2D eigenvalue weighted by atomic mass is 10.0. The molecule has 2 N–H and O–H groups in total. The van der Waals surface area contributed by atoms with Crippen molar-refractivity contribution < 1.29 is 23.6 Å². The first-order valence-corrected chi connectivity index (χ1v) is 10.6. The van der Waals surface area contributed by atoms with Gasteiger partial charge in [0.15, 0.2) is 6.61 Å². The molecule has 2 aromatic carbocycles. The molecule has 0 bridgehead atoms. The zero-order chi connectivity index (χ0) is 21.5. The van der Waals surface area contributed by atoms with Gasteiger partial charge in [0.1, 0.15) is 24.4 Å². The number of rotatable bonds is 8. The smallest absolute Gasteiger partial charge is 0.336 e. The molecule has 7 heteroatoms. The first-order chi connectivity index (χ1) is 15.2. The van der Waals surface area contributed by atoms with Crippen LogP contribution >= 0.6 is 0 Å². The van der Waals surface area contributed by atoms with Crippen molar-refractivity contribution in [3.63, 3.8) is 0 Å². The molecule has 1 fully saturated rings. The van der Waals surface area contributed by atoms with Crippen LogP contribution in [0.4, 0.5) is 0 Å². The number of benzene rings is 2. The Morgan fingerprint density at radius 2 is 1.87 bits per heavy atom. The molecule has 0 saturated carbocycles. The summed E-state index contributed by atoms with van der Waals surface area (Å²) in [6.45, 7) is 5.25. The topological polar surface area (TPSA) is 82.2 Å². The number of quaternary nitrogens is 1. The largest absolute Gasteiger partial charge is 0.484 e. The van der Waals surface area contributed by atoms with Crippen molar-refractivity contribution in [2.75, 3.05) is 46.0 Å². The van der Waals surface area contributed by atoms with Gasteiger partial charge >= 0.3 is 5.63 Å². The molecular weight excluding hydrogens is 396 g/mol. The molecule has 162 valence electrons. The minimum absolute atomic E-state index is 0.0848. The van der Waals surface area contributed by atoms with Crippen LogP contribution in [0, 0.1) is 0 Å². The van der Waals surface area contributed by atoms with E-state index in [-0.39, 0.29) is 12.5 Å². The average Bonchev–Trinajstić information content (AvgIpc) is 2.81. The van der Waals surface area contributed by atoms with Crippen LogP contribution in [0.2, 0.25) is 0 Å². The highest BCUT2D eigenvalue weighted by Gasteiger charge is 2.13. The standard InChI is InChI=1S/C24H26N2O5/c27-23(25-9-4-10-26-11-13-29-14-12-26)17-30-19-7-8-20-21(18-5-2-1-3-6-18)16-24(28)31-22(20)15-19/h1-3,5-8,15-16H,4,9-14,17H2,(H,25,27)/p+1. The summed E-state index contributed by atoms with van der Waals surface area (Å²) in [4.78, 5) is 25.6. The molecule has 3 aromatic rings. The second-order valence-electron chi connectivity index (χ2n) is 7.61. The molecule has 2 heterocycles. The fourth-order valence-electron chi connectivity index (χ4n) is 3.77. The minimum atomic E-state index is -0.427. The van der Waals surface area contributed by atoms with E-state index in [0.717, 1.165) is 55.8 Å². The third kappa shape index (κ3) is 5.71. The number of carbonyl (C=O) groups excluding carboxylic acids is 1. The van der Waals surface area contributed by atoms with Gasteiger partial charge in [0.05, 0.1) is 19.8 Å². The number of amides is 1. The maximum atomic E-state index is 12.1. The van der Waals surface area contributed by atoms with Crippen LogP contribution in [0.1, 0.15) is 6.42 Å². The lowest BCUT2D eigenvalue weighted by molar-refractivity contribution is -0.908. The van der Waals surface area contributed by atoms with Gasteiger partial charge in [0.2, 0.25) is 0 Å². The van der Waals surface area contributed by atoms with Gasteiger partial charge in [-0.3, -0.25) is 4.79 Å². The monoisotopic (exact) mass is 423 g/mol. The summed E-state index contributed by atoms with van der Waals surface area (Å²) in [5.74, 6) is 0.310. The third-order valence-electron chi connectivity index (χ3n) is 5.40. The van der Waals surface area contributed by atoms with E-state index in [2.05, 4.69) is 5.32 Å². The van der Waals surface area contributed by atoms with Crippen LogP contribution in [0.5, 0.6) is 5.75 Å². The maximum Gasteiger partial charge on any atom is 0.336 e. The zero-order valence-electron chi connectivity index (χ0n) is 17.4. The second kappa shape index (κ2) is 10.2. The van der Waals surface area contributed by atoms with Crippen LogP contribution in [0.15, 0.2) is 63.8 Å². The number of hydrogen-bond acceptors (Lipinski definition) is 5. The third-order valence-corrected chi connectivity index (χ3v) is 5.40. The van der Waals surface area contributed by atoms with Gasteiger partial charge in [-0.25, -0.2) is 4.79 Å². The maximum absolute atomic E-state index is 12.1. The molecule has 1 aliphatic rings. The molecule has 1 saturated heterocycles. The van der Waals surface area contributed by atoms with Crippen molar-refractivity contribution in [1.82, 2.24) is 5.32 Å². The van der Waals surface area contributed by atoms with Crippen molar-refractivity contribution in [3.8, 4) is 16.9 Å². The normalized spacial score (nSPS) is 14.5. The van der Waals surface area contributed by atoms with Gasteiger partial charge in [-0.05, 0) is 23.3 Å². The number of carbonyl (C=O) groups is 1. The molecule has 0 aliphatic carbocycles. The predicted molar refractivity (Wildman–Crippen MR) is 117 cm³/mol.